The standard InChI is InChI=1S/C25H23FN2O6/c1-31-21-10-16(11-22(32-2)24(21)33-3)25(30)27-18-8-9-20-19(12-18)28(23(29)14-34-20)13-15-4-6-17(26)7-5-15/h4-12H,13-14H2,1-3H3,(H,27,30). The summed E-state index contributed by atoms with van der Waals surface area (Å²) in [4.78, 5) is 27.1. The number of fused-ring (bicyclic) bond motifs is 1. The van der Waals surface area contributed by atoms with E-state index >= 15 is 0 Å². The normalized spacial score (nSPS) is 12.5. The summed E-state index contributed by atoms with van der Waals surface area (Å²) in [6.45, 7) is 0.130. The van der Waals surface area contributed by atoms with Crippen LogP contribution in [0.1, 0.15) is 15.9 Å². The van der Waals surface area contributed by atoms with Gasteiger partial charge in [-0.15, -0.1) is 0 Å². The van der Waals surface area contributed by atoms with Gasteiger partial charge in [0.15, 0.2) is 18.1 Å². The molecule has 9 heteroatoms. The van der Waals surface area contributed by atoms with Gasteiger partial charge in [0, 0.05) is 11.3 Å². The second kappa shape index (κ2) is 9.70. The summed E-state index contributed by atoms with van der Waals surface area (Å²) in [6.07, 6.45) is 0. The minimum absolute atomic E-state index is 0.106. The van der Waals surface area contributed by atoms with Crippen LogP contribution in [0, 0.1) is 5.82 Å². The highest BCUT2D eigenvalue weighted by Gasteiger charge is 2.26. The van der Waals surface area contributed by atoms with E-state index in [2.05, 4.69) is 5.32 Å². The molecule has 2 amide bonds. The van der Waals surface area contributed by atoms with Gasteiger partial charge < -0.3 is 29.2 Å². The molecule has 0 saturated heterocycles. The molecule has 0 aromatic heterocycles. The Morgan fingerprint density at radius 2 is 1.68 bits per heavy atom. The smallest absolute Gasteiger partial charge is 0.265 e. The summed E-state index contributed by atoms with van der Waals surface area (Å²) >= 11 is 0. The first kappa shape index (κ1) is 22.9. The zero-order valence-electron chi connectivity index (χ0n) is 18.9. The molecule has 1 aliphatic heterocycles. The van der Waals surface area contributed by atoms with Gasteiger partial charge in [-0.05, 0) is 48.0 Å². The lowest BCUT2D eigenvalue weighted by Gasteiger charge is -2.30. The van der Waals surface area contributed by atoms with Crippen LogP contribution in [-0.4, -0.2) is 39.8 Å². The fourth-order valence-corrected chi connectivity index (χ4v) is 3.64. The molecule has 0 bridgehead atoms. The Morgan fingerprint density at radius 1 is 1.00 bits per heavy atom. The summed E-state index contributed by atoms with van der Waals surface area (Å²) in [5.74, 6) is 0.574. The minimum Gasteiger partial charge on any atom is -0.493 e. The number of carbonyl (C=O) groups is 2. The number of rotatable bonds is 7. The summed E-state index contributed by atoms with van der Waals surface area (Å²) in [7, 11) is 4.42. The number of benzene rings is 3. The van der Waals surface area contributed by atoms with Crippen LogP contribution in [0.3, 0.4) is 0 Å². The number of nitrogens with one attached hydrogen (secondary N) is 1. The van der Waals surface area contributed by atoms with Crippen molar-refractivity contribution in [3.05, 3.63) is 71.5 Å². The number of methoxy groups -OCH3 is 3. The number of nitrogens with zero attached hydrogens (tertiary/aromatic N) is 1. The van der Waals surface area contributed by atoms with Gasteiger partial charge in [-0.1, -0.05) is 12.1 Å². The van der Waals surface area contributed by atoms with Crippen molar-refractivity contribution < 1.29 is 32.9 Å². The van der Waals surface area contributed by atoms with E-state index in [0.29, 0.717) is 39.9 Å². The first-order valence-electron chi connectivity index (χ1n) is 10.4. The third-order valence-electron chi connectivity index (χ3n) is 5.34. The van der Waals surface area contributed by atoms with Gasteiger partial charge in [0.25, 0.3) is 11.8 Å². The van der Waals surface area contributed by atoms with Crippen LogP contribution >= 0.6 is 0 Å². The molecule has 1 heterocycles. The van der Waals surface area contributed by atoms with Gasteiger partial charge in [0.2, 0.25) is 5.75 Å². The number of hydrogen-bond acceptors (Lipinski definition) is 6. The predicted molar refractivity (Wildman–Crippen MR) is 124 cm³/mol. The predicted octanol–water partition coefficient (Wildman–Crippen LogP) is 4.03. The van der Waals surface area contributed by atoms with E-state index in [1.807, 2.05) is 0 Å². The fourth-order valence-electron chi connectivity index (χ4n) is 3.64. The highest BCUT2D eigenvalue weighted by molar-refractivity contribution is 6.06. The maximum Gasteiger partial charge on any atom is 0.265 e. The molecule has 0 spiro atoms. The molecule has 3 aromatic carbocycles. The molecular weight excluding hydrogens is 443 g/mol. The summed E-state index contributed by atoms with van der Waals surface area (Å²) in [5.41, 5.74) is 2.01. The van der Waals surface area contributed by atoms with E-state index in [1.54, 1.807) is 47.4 Å². The molecule has 176 valence electrons. The first-order valence-corrected chi connectivity index (χ1v) is 10.4. The van der Waals surface area contributed by atoms with Crippen molar-refractivity contribution in [2.75, 3.05) is 38.2 Å². The maximum absolute atomic E-state index is 13.3. The molecule has 1 aliphatic rings. The van der Waals surface area contributed by atoms with Gasteiger partial charge in [0.1, 0.15) is 11.6 Å². The molecule has 34 heavy (non-hydrogen) atoms. The SMILES string of the molecule is COc1cc(C(=O)Nc2ccc3c(c2)N(Cc2ccc(F)cc2)C(=O)CO3)cc(OC)c1OC. The van der Waals surface area contributed by atoms with Crippen molar-refractivity contribution in [2.24, 2.45) is 0 Å². The Bertz CT molecular complexity index is 1200. The summed E-state index contributed by atoms with van der Waals surface area (Å²) in [5, 5.41) is 2.82. The summed E-state index contributed by atoms with van der Waals surface area (Å²) < 4.78 is 34.7. The van der Waals surface area contributed by atoms with E-state index in [1.165, 1.54) is 33.5 Å². The third kappa shape index (κ3) is 4.59. The van der Waals surface area contributed by atoms with E-state index in [4.69, 9.17) is 18.9 Å². The number of hydrogen-bond donors (Lipinski definition) is 1. The van der Waals surface area contributed by atoms with Crippen LogP contribution in [-0.2, 0) is 11.3 Å². The highest BCUT2D eigenvalue weighted by atomic mass is 19.1. The number of amides is 2. The number of ether oxygens (including phenoxy) is 4. The second-order valence-corrected chi connectivity index (χ2v) is 7.45. The van der Waals surface area contributed by atoms with Crippen molar-refractivity contribution in [3.8, 4) is 23.0 Å². The molecular formula is C25H23FN2O6. The molecule has 0 unspecified atom stereocenters. The molecule has 1 N–H and O–H groups in total. The van der Waals surface area contributed by atoms with Crippen LogP contribution in [0.25, 0.3) is 0 Å². The van der Waals surface area contributed by atoms with Gasteiger partial charge in [-0.3, -0.25) is 9.59 Å². The average Bonchev–Trinajstić information content (AvgIpc) is 2.86. The number of anilines is 2. The van der Waals surface area contributed by atoms with E-state index in [9.17, 15) is 14.0 Å². The van der Waals surface area contributed by atoms with Crippen molar-refractivity contribution >= 4 is 23.2 Å². The Hall–Kier alpha value is -4.27. The lowest BCUT2D eigenvalue weighted by molar-refractivity contribution is -0.121. The molecule has 0 fully saturated rings. The Balaban J connectivity index is 1.61. The molecule has 4 rings (SSSR count). The number of halogens is 1. The van der Waals surface area contributed by atoms with E-state index in [0.717, 1.165) is 5.56 Å². The monoisotopic (exact) mass is 466 g/mol. The molecule has 0 radical (unpaired) electrons. The molecule has 0 aliphatic carbocycles. The largest absolute Gasteiger partial charge is 0.493 e. The highest BCUT2D eigenvalue weighted by Crippen LogP contribution is 2.39. The average molecular weight is 466 g/mol. The van der Waals surface area contributed by atoms with E-state index < -0.39 is 5.91 Å². The van der Waals surface area contributed by atoms with Crippen LogP contribution in [0.2, 0.25) is 0 Å². The van der Waals surface area contributed by atoms with Crippen molar-refractivity contribution in [1.29, 1.82) is 0 Å². The van der Waals surface area contributed by atoms with E-state index in [-0.39, 0.29) is 24.9 Å². The Labute approximate surface area is 195 Å². The van der Waals surface area contributed by atoms with Gasteiger partial charge >= 0.3 is 0 Å². The van der Waals surface area contributed by atoms with Crippen LogP contribution in [0.4, 0.5) is 15.8 Å². The number of carbonyl (C=O) groups excluding carboxylic acids is 2. The molecule has 0 atom stereocenters. The summed E-state index contributed by atoms with van der Waals surface area (Å²) in [6, 6.07) is 14.0. The Morgan fingerprint density at radius 3 is 2.29 bits per heavy atom. The first-order chi connectivity index (χ1) is 16.4. The molecule has 3 aromatic rings. The quantitative estimate of drug-likeness (QED) is 0.566. The second-order valence-electron chi connectivity index (χ2n) is 7.45. The Kier molecular flexibility index (Phi) is 6.53. The molecule has 0 saturated carbocycles. The zero-order valence-corrected chi connectivity index (χ0v) is 18.9. The van der Waals surface area contributed by atoms with Crippen molar-refractivity contribution in [3.63, 3.8) is 0 Å². The van der Waals surface area contributed by atoms with Crippen LogP contribution < -0.4 is 29.2 Å². The lowest BCUT2D eigenvalue weighted by Crippen LogP contribution is -2.38. The topological polar surface area (TPSA) is 86.3 Å². The van der Waals surface area contributed by atoms with Crippen molar-refractivity contribution in [1.82, 2.24) is 0 Å². The lowest BCUT2D eigenvalue weighted by atomic mass is 10.1. The van der Waals surface area contributed by atoms with Gasteiger partial charge in [0.05, 0.1) is 33.6 Å². The van der Waals surface area contributed by atoms with Gasteiger partial charge in [-0.2, -0.15) is 0 Å². The third-order valence-corrected chi connectivity index (χ3v) is 5.34. The van der Waals surface area contributed by atoms with Crippen LogP contribution in [0.5, 0.6) is 23.0 Å². The van der Waals surface area contributed by atoms with Crippen LogP contribution in [0.15, 0.2) is 54.6 Å². The minimum atomic E-state index is -0.410. The fraction of sp³-hybridized carbons (Fsp3) is 0.200. The zero-order chi connectivity index (χ0) is 24.2. The van der Waals surface area contributed by atoms with Crippen molar-refractivity contribution in [2.45, 2.75) is 6.54 Å². The molecule has 8 nitrogen and oxygen atoms in total. The maximum atomic E-state index is 13.3. The van der Waals surface area contributed by atoms with Gasteiger partial charge in [-0.25, -0.2) is 4.39 Å².